The third-order valence-corrected chi connectivity index (χ3v) is 11.2. The lowest BCUT2D eigenvalue weighted by Crippen LogP contribution is -2.46. The molecule has 0 spiro atoms. The summed E-state index contributed by atoms with van der Waals surface area (Å²) in [4.78, 5) is 27.8. The van der Waals surface area contributed by atoms with Crippen LogP contribution in [0, 0.1) is 32.9 Å². The number of carbonyl (C=O) groups excluding carboxylic acids is 2. The maximum atomic E-state index is 13.6. The van der Waals surface area contributed by atoms with Gasteiger partial charge in [0.2, 0.25) is 0 Å². The molecule has 3 atom stereocenters. The van der Waals surface area contributed by atoms with Crippen LogP contribution in [0.25, 0.3) is 10.8 Å². The number of amides is 2. The number of nitrogens with one attached hydrogen (secondary N) is 2. The van der Waals surface area contributed by atoms with Crippen LogP contribution in [0.4, 0.5) is 0 Å². The Morgan fingerprint density at radius 2 is 1.90 bits per heavy atom. The van der Waals surface area contributed by atoms with Gasteiger partial charge in [0.1, 0.15) is 0 Å². The van der Waals surface area contributed by atoms with E-state index in [1.807, 2.05) is 12.1 Å². The molecule has 2 aromatic carbocycles. The molecule has 2 aliphatic carbocycles. The molecule has 210 valence electrons. The van der Waals surface area contributed by atoms with Crippen molar-refractivity contribution >= 4 is 50.1 Å². The summed E-state index contributed by atoms with van der Waals surface area (Å²) >= 11 is 1.56. The standard InChI is InChI=1S/C29H37N3O5S2/c1-18(2)9-11-36-12-13-38-21-14-19-6-5-7-22-25(19)23(16-21)27(34)32(26(22)33)37-39(31,35)17-29-10-8-20(15-24(29)30)28(29,3)4/h5-7,14,16,18,20,30-31H,8-13,15,17H2,1-4H3. The van der Waals surface area contributed by atoms with Crippen LogP contribution >= 0.6 is 11.8 Å². The van der Waals surface area contributed by atoms with Crippen LogP contribution in [0.3, 0.4) is 0 Å². The van der Waals surface area contributed by atoms with Crippen molar-refractivity contribution in [2.45, 2.75) is 58.3 Å². The summed E-state index contributed by atoms with van der Waals surface area (Å²) in [5.74, 6) is -0.0462. The van der Waals surface area contributed by atoms with Crippen molar-refractivity contribution in [2.75, 3.05) is 24.7 Å². The number of hydrogen-bond donors (Lipinski definition) is 2. The number of carbonyl (C=O) groups is 2. The summed E-state index contributed by atoms with van der Waals surface area (Å²) in [6, 6.07) is 8.91. The van der Waals surface area contributed by atoms with Crippen molar-refractivity contribution in [3.8, 4) is 0 Å². The van der Waals surface area contributed by atoms with E-state index in [4.69, 9.17) is 19.2 Å². The average molecular weight is 572 g/mol. The molecule has 8 nitrogen and oxygen atoms in total. The summed E-state index contributed by atoms with van der Waals surface area (Å²) in [5.41, 5.74) is 0.0365. The van der Waals surface area contributed by atoms with Crippen LogP contribution < -0.4 is 0 Å². The van der Waals surface area contributed by atoms with Gasteiger partial charge in [0.05, 0.1) is 23.5 Å². The second kappa shape index (κ2) is 10.3. The fourth-order valence-corrected chi connectivity index (χ4v) is 9.12. The molecule has 2 N–H and O–H groups in total. The molecule has 2 fully saturated rings. The topological polar surface area (TPSA) is 121 Å². The van der Waals surface area contributed by atoms with Gasteiger partial charge in [-0.2, -0.15) is 4.28 Å². The maximum Gasteiger partial charge on any atom is 0.286 e. The molecule has 2 bridgehead atoms. The second-order valence-electron chi connectivity index (χ2n) is 12.0. The van der Waals surface area contributed by atoms with E-state index in [1.54, 1.807) is 30.0 Å². The van der Waals surface area contributed by atoms with E-state index in [0.29, 0.717) is 59.8 Å². The molecule has 0 aromatic heterocycles. The number of thioether (sulfide) groups is 1. The number of ether oxygens (including phenoxy) is 1. The van der Waals surface area contributed by atoms with Crippen molar-refractivity contribution in [3.05, 3.63) is 41.5 Å². The minimum Gasteiger partial charge on any atom is -0.381 e. The van der Waals surface area contributed by atoms with Crippen molar-refractivity contribution in [3.63, 3.8) is 0 Å². The Morgan fingerprint density at radius 3 is 2.56 bits per heavy atom. The molecule has 2 amide bonds. The van der Waals surface area contributed by atoms with Crippen LogP contribution in [0.5, 0.6) is 0 Å². The maximum absolute atomic E-state index is 13.6. The summed E-state index contributed by atoms with van der Waals surface area (Å²) in [6.45, 7) is 9.73. The first-order chi connectivity index (χ1) is 18.4. The van der Waals surface area contributed by atoms with Crippen LogP contribution in [-0.4, -0.2) is 51.5 Å². The predicted molar refractivity (Wildman–Crippen MR) is 154 cm³/mol. The van der Waals surface area contributed by atoms with Gasteiger partial charge in [0.15, 0.2) is 10.0 Å². The van der Waals surface area contributed by atoms with E-state index in [1.165, 1.54) is 0 Å². The largest absolute Gasteiger partial charge is 0.381 e. The third-order valence-electron chi connectivity index (χ3n) is 8.95. The first kappa shape index (κ1) is 28.3. The first-order valence-electron chi connectivity index (χ1n) is 13.6. The molecule has 39 heavy (non-hydrogen) atoms. The third kappa shape index (κ3) is 4.94. The highest BCUT2D eigenvalue weighted by Crippen LogP contribution is 2.64. The number of benzene rings is 2. The second-order valence-corrected chi connectivity index (χ2v) is 14.8. The van der Waals surface area contributed by atoms with E-state index < -0.39 is 27.2 Å². The van der Waals surface area contributed by atoms with Crippen LogP contribution in [-0.2, 0) is 19.0 Å². The molecule has 2 saturated carbocycles. The first-order valence-corrected chi connectivity index (χ1v) is 16.2. The fourth-order valence-electron chi connectivity index (χ4n) is 6.50. The van der Waals surface area contributed by atoms with Crippen LogP contribution in [0.2, 0.25) is 0 Å². The van der Waals surface area contributed by atoms with Gasteiger partial charge in [0, 0.05) is 33.8 Å². The van der Waals surface area contributed by atoms with Crippen molar-refractivity contribution in [1.82, 2.24) is 5.06 Å². The molecule has 10 heteroatoms. The Balaban J connectivity index is 1.37. The van der Waals surface area contributed by atoms with E-state index in [9.17, 15) is 13.8 Å². The van der Waals surface area contributed by atoms with E-state index >= 15 is 0 Å². The quantitative estimate of drug-likeness (QED) is 0.185. The Kier molecular flexibility index (Phi) is 7.45. The Hall–Kier alpha value is -2.27. The van der Waals surface area contributed by atoms with Crippen molar-refractivity contribution < 1.29 is 22.8 Å². The lowest BCUT2D eigenvalue weighted by molar-refractivity contribution is -0.0139. The lowest BCUT2D eigenvalue weighted by atomic mass is 9.70. The molecule has 3 aliphatic rings. The Morgan fingerprint density at radius 1 is 1.15 bits per heavy atom. The number of nitrogens with zero attached hydrogens (tertiary/aromatic N) is 1. The normalized spacial score (nSPS) is 25.2. The summed E-state index contributed by atoms with van der Waals surface area (Å²) in [7, 11) is -3.87. The molecule has 5 rings (SSSR count). The number of imide groups is 1. The molecule has 0 radical (unpaired) electrons. The van der Waals surface area contributed by atoms with E-state index in [2.05, 4.69) is 27.7 Å². The van der Waals surface area contributed by atoms with E-state index in [-0.39, 0.29) is 22.3 Å². The molecule has 3 unspecified atom stereocenters. The van der Waals surface area contributed by atoms with Gasteiger partial charge in [-0.1, -0.05) is 39.8 Å². The molecular weight excluding hydrogens is 534 g/mol. The minimum absolute atomic E-state index is 0.205. The smallest absolute Gasteiger partial charge is 0.286 e. The summed E-state index contributed by atoms with van der Waals surface area (Å²) < 4.78 is 33.4. The van der Waals surface area contributed by atoms with E-state index in [0.717, 1.165) is 23.1 Å². The number of hydrogen-bond acceptors (Lipinski definition) is 8. The predicted octanol–water partition coefficient (Wildman–Crippen LogP) is 6.33. The zero-order valence-corrected chi connectivity index (χ0v) is 24.6. The molecule has 1 heterocycles. The van der Waals surface area contributed by atoms with Gasteiger partial charge in [-0.05, 0) is 66.5 Å². The fraction of sp³-hybridized carbons (Fsp3) is 0.552. The summed E-state index contributed by atoms with van der Waals surface area (Å²) in [5, 5.41) is 10.4. The highest BCUT2D eigenvalue weighted by atomic mass is 32.2. The zero-order chi connectivity index (χ0) is 28.2. The van der Waals surface area contributed by atoms with Crippen molar-refractivity contribution in [2.24, 2.45) is 22.7 Å². The molecule has 0 saturated heterocycles. The number of rotatable bonds is 11. The van der Waals surface area contributed by atoms with Gasteiger partial charge in [-0.15, -0.1) is 16.8 Å². The molecule has 2 aromatic rings. The van der Waals surface area contributed by atoms with Gasteiger partial charge in [-0.25, -0.2) is 8.99 Å². The highest BCUT2D eigenvalue weighted by Gasteiger charge is 2.63. The van der Waals surface area contributed by atoms with Gasteiger partial charge in [0.25, 0.3) is 11.8 Å². The van der Waals surface area contributed by atoms with Crippen molar-refractivity contribution in [1.29, 1.82) is 10.2 Å². The SMILES string of the molecule is CC(C)CCOCCSc1cc2c3c(cccc3c1)C(=O)N(OS(=N)(=O)CC13CCC(CC1=N)C3(C)C)C2=O. The van der Waals surface area contributed by atoms with Gasteiger partial charge in [-0.3, -0.25) is 9.59 Å². The average Bonchev–Trinajstić information content (AvgIpc) is 3.21. The number of fused-ring (bicyclic) bond motifs is 2. The van der Waals surface area contributed by atoms with Gasteiger partial charge >= 0.3 is 0 Å². The number of hydroxylamine groups is 2. The lowest BCUT2D eigenvalue weighted by Gasteiger charge is -2.38. The zero-order valence-electron chi connectivity index (χ0n) is 23.0. The molecular formula is C29H37N3O5S2. The van der Waals surface area contributed by atoms with Crippen LogP contribution in [0.1, 0.15) is 74.1 Å². The molecule has 1 aliphatic heterocycles. The Bertz CT molecular complexity index is 1450. The minimum atomic E-state index is -3.87. The van der Waals surface area contributed by atoms with Crippen LogP contribution in [0.15, 0.2) is 35.2 Å². The highest BCUT2D eigenvalue weighted by molar-refractivity contribution is 7.99. The monoisotopic (exact) mass is 571 g/mol. The summed E-state index contributed by atoms with van der Waals surface area (Å²) in [6.07, 6.45) is 3.20. The Labute approximate surface area is 234 Å². The van der Waals surface area contributed by atoms with Gasteiger partial charge < -0.3 is 10.1 Å².